The topological polar surface area (TPSA) is 67.9 Å². The van der Waals surface area contributed by atoms with E-state index in [0.29, 0.717) is 17.1 Å². The van der Waals surface area contributed by atoms with Crippen LogP contribution in [0, 0.1) is 5.82 Å². The van der Waals surface area contributed by atoms with Crippen LogP contribution in [0.3, 0.4) is 0 Å². The second-order valence-electron chi connectivity index (χ2n) is 6.71. The van der Waals surface area contributed by atoms with Crippen LogP contribution < -0.4 is 19.7 Å². The Bertz CT molecular complexity index is 1270. The van der Waals surface area contributed by atoms with Gasteiger partial charge in [-0.1, -0.05) is 18.2 Å². The number of hydrogen-bond acceptors (Lipinski definition) is 5. The Hall–Kier alpha value is -3.78. The standard InChI is InChI=1S/C23H17FN2O4S/c1-29-16-8-6-13-7-9-20(30-2)18(17(13)11-16)12-19-21(27)25-23(31)26(22(19)28)15-5-3-4-14(24)10-15/h3-12H,1-2H3,(H,25,27,31)/b19-12-. The Morgan fingerprint density at radius 3 is 2.52 bits per heavy atom. The van der Waals surface area contributed by atoms with E-state index in [1.54, 1.807) is 19.2 Å². The van der Waals surface area contributed by atoms with Crippen LogP contribution in [0.2, 0.25) is 0 Å². The molecule has 1 N–H and O–H groups in total. The average Bonchev–Trinajstić information content (AvgIpc) is 2.76. The van der Waals surface area contributed by atoms with Gasteiger partial charge in [0.15, 0.2) is 5.11 Å². The molecule has 156 valence electrons. The predicted molar refractivity (Wildman–Crippen MR) is 120 cm³/mol. The zero-order valence-electron chi connectivity index (χ0n) is 16.6. The number of fused-ring (bicyclic) bond motifs is 1. The molecule has 0 aliphatic carbocycles. The molecule has 6 nitrogen and oxygen atoms in total. The lowest BCUT2D eigenvalue weighted by atomic mass is 9.99. The van der Waals surface area contributed by atoms with Crippen molar-refractivity contribution < 1.29 is 23.5 Å². The van der Waals surface area contributed by atoms with Crippen LogP contribution in [0.5, 0.6) is 11.5 Å². The fourth-order valence-corrected chi connectivity index (χ4v) is 3.69. The number of amides is 2. The van der Waals surface area contributed by atoms with Gasteiger partial charge in [-0.25, -0.2) is 4.39 Å². The Labute approximate surface area is 182 Å². The molecule has 3 aromatic rings. The van der Waals surface area contributed by atoms with E-state index in [0.717, 1.165) is 15.7 Å². The van der Waals surface area contributed by atoms with Gasteiger partial charge >= 0.3 is 0 Å². The van der Waals surface area contributed by atoms with Gasteiger partial charge in [-0.15, -0.1) is 0 Å². The monoisotopic (exact) mass is 436 g/mol. The maximum Gasteiger partial charge on any atom is 0.270 e. The summed E-state index contributed by atoms with van der Waals surface area (Å²) < 4.78 is 24.5. The molecular formula is C23H17FN2O4S. The normalized spacial score (nSPS) is 15.4. The maximum absolute atomic E-state index is 13.7. The number of hydrogen-bond donors (Lipinski definition) is 1. The van der Waals surface area contributed by atoms with Crippen molar-refractivity contribution in [1.82, 2.24) is 5.32 Å². The summed E-state index contributed by atoms with van der Waals surface area (Å²) in [4.78, 5) is 27.0. The van der Waals surface area contributed by atoms with Crippen LogP contribution in [0.25, 0.3) is 16.8 Å². The van der Waals surface area contributed by atoms with Gasteiger partial charge in [0.25, 0.3) is 11.8 Å². The predicted octanol–water partition coefficient (Wildman–Crippen LogP) is 3.83. The number of methoxy groups -OCH3 is 2. The van der Waals surface area contributed by atoms with Crippen molar-refractivity contribution in [3.8, 4) is 11.5 Å². The summed E-state index contributed by atoms with van der Waals surface area (Å²) in [5.74, 6) is -0.758. The quantitative estimate of drug-likeness (QED) is 0.383. The van der Waals surface area contributed by atoms with Crippen molar-refractivity contribution >= 4 is 51.7 Å². The number of rotatable bonds is 4. The third-order valence-corrected chi connectivity index (χ3v) is 5.19. The molecule has 0 unspecified atom stereocenters. The second-order valence-corrected chi connectivity index (χ2v) is 7.09. The summed E-state index contributed by atoms with van der Waals surface area (Å²) in [5.41, 5.74) is 0.586. The van der Waals surface area contributed by atoms with Gasteiger partial charge in [0.05, 0.1) is 19.9 Å². The highest BCUT2D eigenvalue weighted by Crippen LogP contribution is 2.33. The minimum absolute atomic E-state index is 0.121. The second kappa shape index (κ2) is 8.16. The molecule has 31 heavy (non-hydrogen) atoms. The zero-order chi connectivity index (χ0) is 22.1. The number of anilines is 1. The molecule has 0 saturated carbocycles. The van der Waals surface area contributed by atoms with Crippen molar-refractivity contribution in [3.05, 3.63) is 71.6 Å². The third kappa shape index (κ3) is 3.73. The molecule has 0 spiro atoms. The summed E-state index contributed by atoms with van der Waals surface area (Å²) in [6.07, 6.45) is 1.45. The number of carbonyl (C=O) groups is 2. The molecule has 0 bridgehead atoms. The van der Waals surface area contributed by atoms with Crippen molar-refractivity contribution in [1.29, 1.82) is 0 Å². The fraction of sp³-hybridized carbons (Fsp3) is 0.0870. The summed E-state index contributed by atoms with van der Waals surface area (Å²) in [5, 5.41) is 3.98. The van der Waals surface area contributed by atoms with E-state index in [-0.39, 0.29) is 16.4 Å². The number of ether oxygens (including phenoxy) is 2. The first-order valence-corrected chi connectivity index (χ1v) is 9.65. The van der Waals surface area contributed by atoms with Crippen LogP contribution in [-0.4, -0.2) is 31.1 Å². The number of nitrogens with one attached hydrogen (secondary N) is 1. The third-order valence-electron chi connectivity index (χ3n) is 4.91. The number of thiocarbonyl (C=S) groups is 1. The van der Waals surface area contributed by atoms with Gasteiger partial charge in [0, 0.05) is 5.56 Å². The first-order valence-electron chi connectivity index (χ1n) is 9.24. The first-order chi connectivity index (χ1) is 14.9. The minimum Gasteiger partial charge on any atom is -0.497 e. The van der Waals surface area contributed by atoms with Crippen LogP contribution >= 0.6 is 12.2 Å². The molecule has 8 heteroatoms. The highest BCUT2D eigenvalue weighted by atomic mass is 32.1. The summed E-state index contributed by atoms with van der Waals surface area (Å²) in [6.45, 7) is 0. The van der Waals surface area contributed by atoms with Gasteiger partial charge in [-0.3, -0.25) is 19.8 Å². The Morgan fingerprint density at radius 1 is 1.03 bits per heavy atom. The number of benzene rings is 3. The molecule has 3 aromatic carbocycles. The lowest BCUT2D eigenvalue weighted by Gasteiger charge is -2.29. The van der Waals surface area contributed by atoms with Crippen molar-refractivity contribution in [2.24, 2.45) is 0 Å². The molecule has 4 rings (SSSR count). The molecule has 2 amide bonds. The number of halogens is 1. The Kier molecular flexibility index (Phi) is 5.39. The molecule has 0 aromatic heterocycles. The van der Waals surface area contributed by atoms with E-state index in [1.165, 1.54) is 37.5 Å². The van der Waals surface area contributed by atoms with Crippen LogP contribution in [0.15, 0.2) is 60.2 Å². The molecule has 0 atom stereocenters. The van der Waals surface area contributed by atoms with Crippen LogP contribution in [-0.2, 0) is 9.59 Å². The first kappa shape index (κ1) is 20.5. The largest absolute Gasteiger partial charge is 0.497 e. The van der Waals surface area contributed by atoms with Gasteiger partial charge in [-0.05, 0) is 65.5 Å². The SMILES string of the molecule is COc1ccc2ccc(OC)c(/C=C3/C(=O)NC(=S)N(c4cccc(F)c4)C3=O)c2c1. The van der Waals surface area contributed by atoms with Crippen molar-refractivity contribution in [2.45, 2.75) is 0 Å². The van der Waals surface area contributed by atoms with E-state index in [2.05, 4.69) is 5.32 Å². The average molecular weight is 436 g/mol. The number of carbonyl (C=O) groups excluding carboxylic acids is 2. The van der Waals surface area contributed by atoms with E-state index in [4.69, 9.17) is 21.7 Å². The number of nitrogens with zero attached hydrogens (tertiary/aromatic N) is 1. The molecule has 1 heterocycles. The maximum atomic E-state index is 13.7. The summed E-state index contributed by atoms with van der Waals surface area (Å²) in [6, 6.07) is 14.5. The van der Waals surface area contributed by atoms with E-state index in [9.17, 15) is 14.0 Å². The highest BCUT2D eigenvalue weighted by molar-refractivity contribution is 7.80. The van der Waals surface area contributed by atoms with Gasteiger partial charge in [0.1, 0.15) is 22.9 Å². The Morgan fingerprint density at radius 2 is 1.81 bits per heavy atom. The fourth-order valence-electron chi connectivity index (χ4n) is 3.41. The van der Waals surface area contributed by atoms with Crippen molar-refractivity contribution in [3.63, 3.8) is 0 Å². The molecule has 1 fully saturated rings. The van der Waals surface area contributed by atoms with Crippen molar-refractivity contribution in [2.75, 3.05) is 19.1 Å². The van der Waals surface area contributed by atoms with Crippen LogP contribution in [0.1, 0.15) is 5.56 Å². The summed E-state index contributed by atoms with van der Waals surface area (Å²) >= 11 is 5.16. The zero-order valence-corrected chi connectivity index (χ0v) is 17.5. The summed E-state index contributed by atoms with van der Waals surface area (Å²) in [7, 11) is 3.05. The van der Waals surface area contributed by atoms with Crippen LogP contribution in [0.4, 0.5) is 10.1 Å². The molecule has 0 radical (unpaired) electrons. The highest BCUT2D eigenvalue weighted by Gasteiger charge is 2.35. The molecular weight excluding hydrogens is 419 g/mol. The van der Waals surface area contributed by atoms with E-state index < -0.39 is 17.6 Å². The van der Waals surface area contributed by atoms with Gasteiger partial charge < -0.3 is 9.47 Å². The molecule has 1 aliphatic rings. The molecule has 1 saturated heterocycles. The molecule has 1 aliphatic heterocycles. The van der Waals surface area contributed by atoms with E-state index >= 15 is 0 Å². The van der Waals surface area contributed by atoms with E-state index in [1.807, 2.05) is 18.2 Å². The lowest BCUT2D eigenvalue weighted by Crippen LogP contribution is -2.54. The van der Waals surface area contributed by atoms with Gasteiger partial charge in [-0.2, -0.15) is 0 Å². The smallest absolute Gasteiger partial charge is 0.270 e. The minimum atomic E-state index is -0.665. The van der Waals surface area contributed by atoms with Gasteiger partial charge in [0.2, 0.25) is 0 Å². The Balaban J connectivity index is 1.89. The lowest BCUT2D eigenvalue weighted by molar-refractivity contribution is -0.122.